The van der Waals surface area contributed by atoms with E-state index in [0.717, 1.165) is 25.4 Å². The van der Waals surface area contributed by atoms with E-state index in [9.17, 15) is 9.59 Å². The van der Waals surface area contributed by atoms with E-state index in [1.807, 2.05) is 30.3 Å². The Hall–Kier alpha value is -2.71. The van der Waals surface area contributed by atoms with E-state index < -0.39 is 0 Å². The first kappa shape index (κ1) is 21.0. The van der Waals surface area contributed by atoms with Crippen LogP contribution in [0.3, 0.4) is 0 Å². The van der Waals surface area contributed by atoms with Crippen LogP contribution in [0.5, 0.6) is 5.75 Å². The highest BCUT2D eigenvalue weighted by atomic mass is 16.5. The lowest BCUT2D eigenvalue weighted by atomic mass is 10.2. The number of morpholine rings is 1. The molecule has 1 aromatic heterocycles. The van der Waals surface area contributed by atoms with Crippen molar-refractivity contribution in [2.45, 2.75) is 32.6 Å². The highest BCUT2D eigenvalue weighted by Gasteiger charge is 2.21. The van der Waals surface area contributed by atoms with Crippen molar-refractivity contribution in [1.29, 1.82) is 0 Å². The van der Waals surface area contributed by atoms with Gasteiger partial charge in [0.1, 0.15) is 18.1 Å². The third-order valence-corrected chi connectivity index (χ3v) is 4.62. The van der Waals surface area contributed by atoms with Crippen molar-refractivity contribution >= 4 is 5.91 Å². The Morgan fingerprint density at radius 3 is 2.59 bits per heavy atom. The molecule has 1 aliphatic rings. The van der Waals surface area contributed by atoms with Gasteiger partial charge in [-0.3, -0.25) is 14.5 Å². The number of nitrogens with one attached hydrogen (secondary N) is 1. The van der Waals surface area contributed by atoms with Crippen molar-refractivity contribution in [3.05, 3.63) is 58.5 Å². The Balaban J connectivity index is 1.49. The SMILES string of the molecule is CC1CN(CCNC(=O)c2ccc(=O)n(CCOc3ccccc3)n2)CC(C)O1. The zero-order valence-corrected chi connectivity index (χ0v) is 16.9. The largest absolute Gasteiger partial charge is 0.492 e. The Morgan fingerprint density at radius 1 is 1.14 bits per heavy atom. The number of amides is 1. The molecule has 0 radical (unpaired) electrons. The van der Waals surface area contributed by atoms with Crippen molar-refractivity contribution in [3.8, 4) is 5.75 Å². The second-order valence-corrected chi connectivity index (χ2v) is 7.21. The number of rotatable bonds is 8. The summed E-state index contributed by atoms with van der Waals surface area (Å²) in [4.78, 5) is 26.7. The number of carbonyl (C=O) groups is 1. The van der Waals surface area contributed by atoms with Crippen LogP contribution in [0.2, 0.25) is 0 Å². The van der Waals surface area contributed by atoms with Crippen LogP contribution in [0, 0.1) is 0 Å². The summed E-state index contributed by atoms with van der Waals surface area (Å²) in [5.41, 5.74) is -0.0532. The number of hydrogen-bond acceptors (Lipinski definition) is 6. The minimum atomic E-state index is -0.294. The summed E-state index contributed by atoms with van der Waals surface area (Å²) in [5.74, 6) is 0.429. The van der Waals surface area contributed by atoms with Gasteiger partial charge >= 0.3 is 0 Å². The maximum Gasteiger partial charge on any atom is 0.271 e. The molecule has 0 saturated carbocycles. The topological polar surface area (TPSA) is 85.7 Å². The van der Waals surface area contributed by atoms with E-state index >= 15 is 0 Å². The number of ether oxygens (including phenoxy) is 2. The molecular weight excluding hydrogens is 372 g/mol. The number of benzene rings is 1. The molecule has 1 N–H and O–H groups in total. The zero-order chi connectivity index (χ0) is 20.6. The standard InChI is InChI=1S/C21H28N4O4/c1-16-14-24(15-17(2)29-16)11-10-22-21(27)19-8-9-20(26)25(23-19)12-13-28-18-6-4-3-5-7-18/h3-9,16-17H,10-15H2,1-2H3,(H,22,27). The molecule has 8 nitrogen and oxygen atoms in total. The minimum absolute atomic E-state index is 0.192. The molecule has 2 atom stereocenters. The summed E-state index contributed by atoms with van der Waals surface area (Å²) in [6, 6.07) is 12.2. The summed E-state index contributed by atoms with van der Waals surface area (Å²) in [5, 5.41) is 7.05. The third-order valence-electron chi connectivity index (χ3n) is 4.62. The first-order valence-electron chi connectivity index (χ1n) is 9.93. The summed E-state index contributed by atoms with van der Waals surface area (Å²) < 4.78 is 12.6. The van der Waals surface area contributed by atoms with Gasteiger partial charge in [-0.05, 0) is 32.0 Å². The van der Waals surface area contributed by atoms with Crippen LogP contribution < -0.4 is 15.6 Å². The van der Waals surface area contributed by atoms with Gasteiger partial charge in [-0.1, -0.05) is 18.2 Å². The van der Waals surface area contributed by atoms with Gasteiger partial charge in [-0.2, -0.15) is 5.10 Å². The molecule has 156 valence electrons. The van der Waals surface area contributed by atoms with Gasteiger partial charge in [0.2, 0.25) is 0 Å². The highest BCUT2D eigenvalue weighted by molar-refractivity contribution is 5.91. The first-order valence-corrected chi connectivity index (χ1v) is 9.93. The quantitative estimate of drug-likeness (QED) is 0.716. The molecule has 0 spiro atoms. The van der Waals surface area contributed by atoms with Crippen LogP contribution in [0.25, 0.3) is 0 Å². The van der Waals surface area contributed by atoms with Crippen molar-refractivity contribution in [2.24, 2.45) is 0 Å². The molecular formula is C21H28N4O4. The zero-order valence-electron chi connectivity index (χ0n) is 16.9. The van der Waals surface area contributed by atoms with E-state index in [-0.39, 0.29) is 42.5 Å². The first-order chi connectivity index (χ1) is 14.0. The molecule has 1 saturated heterocycles. The summed E-state index contributed by atoms with van der Waals surface area (Å²) in [6.07, 6.45) is 0.385. The monoisotopic (exact) mass is 400 g/mol. The molecule has 1 fully saturated rings. The Labute approximate surface area is 170 Å². The Morgan fingerprint density at radius 2 is 1.86 bits per heavy atom. The van der Waals surface area contributed by atoms with Crippen molar-refractivity contribution in [3.63, 3.8) is 0 Å². The van der Waals surface area contributed by atoms with Crippen LogP contribution in [-0.2, 0) is 11.3 Å². The second-order valence-electron chi connectivity index (χ2n) is 7.21. The number of nitrogens with zero attached hydrogens (tertiary/aromatic N) is 3. The molecule has 29 heavy (non-hydrogen) atoms. The average Bonchev–Trinajstić information content (AvgIpc) is 2.69. The predicted molar refractivity (Wildman–Crippen MR) is 109 cm³/mol. The second kappa shape index (κ2) is 10.2. The van der Waals surface area contributed by atoms with Gasteiger partial charge in [0.05, 0.1) is 18.8 Å². The average molecular weight is 400 g/mol. The smallest absolute Gasteiger partial charge is 0.271 e. The Bertz CT molecular complexity index is 845. The minimum Gasteiger partial charge on any atom is -0.492 e. The van der Waals surface area contributed by atoms with Crippen LogP contribution in [0.1, 0.15) is 24.3 Å². The molecule has 2 aromatic rings. The van der Waals surface area contributed by atoms with Gasteiger partial charge < -0.3 is 14.8 Å². The Kier molecular flexibility index (Phi) is 7.37. The molecule has 0 aliphatic carbocycles. The normalized spacial score (nSPS) is 19.7. The number of carbonyl (C=O) groups excluding carboxylic acids is 1. The predicted octanol–water partition coefficient (Wildman–Crippen LogP) is 1.16. The highest BCUT2D eigenvalue weighted by Crippen LogP contribution is 2.10. The van der Waals surface area contributed by atoms with Crippen molar-refractivity contribution in [2.75, 3.05) is 32.8 Å². The van der Waals surface area contributed by atoms with Gasteiger partial charge in [-0.15, -0.1) is 0 Å². The van der Waals surface area contributed by atoms with E-state index in [2.05, 4.69) is 29.2 Å². The molecule has 1 aliphatic heterocycles. The van der Waals surface area contributed by atoms with Gasteiger partial charge in [0, 0.05) is 32.2 Å². The van der Waals surface area contributed by atoms with Gasteiger partial charge in [0.15, 0.2) is 0 Å². The third kappa shape index (κ3) is 6.40. The molecule has 1 aromatic carbocycles. The van der Waals surface area contributed by atoms with E-state index in [1.54, 1.807) is 0 Å². The fourth-order valence-corrected chi connectivity index (χ4v) is 3.38. The molecule has 8 heteroatoms. The van der Waals surface area contributed by atoms with Gasteiger partial charge in [0.25, 0.3) is 11.5 Å². The fourth-order valence-electron chi connectivity index (χ4n) is 3.38. The van der Waals surface area contributed by atoms with E-state index in [1.165, 1.54) is 16.8 Å². The summed E-state index contributed by atoms with van der Waals surface area (Å²) >= 11 is 0. The maximum atomic E-state index is 12.4. The van der Waals surface area contributed by atoms with Crippen LogP contribution in [0.15, 0.2) is 47.3 Å². The lowest BCUT2D eigenvalue weighted by molar-refractivity contribution is -0.0672. The maximum absolute atomic E-state index is 12.4. The molecule has 1 amide bonds. The number of aromatic nitrogens is 2. The number of para-hydroxylation sites is 1. The van der Waals surface area contributed by atoms with Crippen molar-refractivity contribution < 1.29 is 14.3 Å². The fraction of sp³-hybridized carbons (Fsp3) is 0.476. The van der Waals surface area contributed by atoms with Crippen LogP contribution in [0.4, 0.5) is 0 Å². The molecule has 0 bridgehead atoms. The summed E-state index contributed by atoms with van der Waals surface area (Å²) in [7, 11) is 0. The van der Waals surface area contributed by atoms with Crippen LogP contribution >= 0.6 is 0 Å². The lowest BCUT2D eigenvalue weighted by Crippen LogP contribution is -2.48. The van der Waals surface area contributed by atoms with E-state index in [0.29, 0.717) is 6.54 Å². The molecule has 2 heterocycles. The number of hydrogen-bond donors (Lipinski definition) is 1. The van der Waals surface area contributed by atoms with E-state index in [4.69, 9.17) is 9.47 Å². The van der Waals surface area contributed by atoms with Gasteiger partial charge in [-0.25, -0.2) is 4.68 Å². The lowest BCUT2D eigenvalue weighted by Gasteiger charge is -2.35. The van der Waals surface area contributed by atoms with Crippen LogP contribution in [-0.4, -0.2) is 65.6 Å². The van der Waals surface area contributed by atoms with Crippen molar-refractivity contribution in [1.82, 2.24) is 20.0 Å². The molecule has 3 rings (SSSR count). The summed E-state index contributed by atoms with van der Waals surface area (Å²) in [6.45, 7) is 7.61. The molecule has 2 unspecified atom stereocenters.